The lowest BCUT2D eigenvalue weighted by Crippen LogP contribution is -2.21. The zero-order valence-corrected chi connectivity index (χ0v) is 9.03. The van der Waals surface area contributed by atoms with E-state index in [2.05, 4.69) is 37.8 Å². The minimum absolute atomic E-state index is 0.200. The molecule has 0 aromatic heterocycles. The number of hydrogen-bond acceptors (Lipinski definition) is 2. The molecule has 1 nitrogen and oxygen atoms in total. The number of thioether (sulfide) groups is 1. The number of allylic oxidation sites excluding steroid dienone is 1. The lowest BCUT2D eigenvalue weighted by atomic mass is 9.92. The molecule has 12 heavy (non-hydrogen) atoms. The van der Waals surface area contributed by atoms with Gasteiger partial charge in [-0.1, -0.05) is 26.0 Å². The molecule has 1 aliphatic rings. The lowest BCUT2D eigenvalue weighted by Gasteiger charge is -2.23. The van der Waals surface area contributed by atoms with Crippen molar-refractivity contribution in [3.8, 4) is 0 Å². The lowest BCUT2D eigenvalue weighted by molar-refractivity contribution is 0.527. The van der Waals surface area contributed by atoms with Crippen molar-refractivity contribution < 1.29 is 0 Å². The van der Waals surface area contributed by atoms with Gasteiger partial charge in [0.2, 0.25) is 0 Å². The Kier molecular flexibility index (Phi) is 3.24. The summed E-state index contributed by atoms with van der Waals surface area (Å²) in [4.78, 5) is 0. The van der Waals surface area contributed by atoms with Gasteiger partial charge in [0.05, 0.1) is 0 Å². The molecule has 1 fully saturated rings. The summed E-state index contributed by atoms with van der Waals surface area (Å²) >= 11 is 2.07. The van der Waals surface area contributed by atoms with Gasteiger partial charge in [-0.2, -0.15) is 11.8 Å². The van der Waals surface area contributed by atoms with E-state index in [1.165, 1.54) is 12.2 Å². The van der Waals surface area contributed by atoms with Crippen LogP contribution in [-0.4, -0.2) is 16.5 Å². The molecule has 1 heterocycles. The van der Waals surface area contributed by atoms with Crippen molar-refractivity contribution in [2.75, 3.05) is 5.75 Å². The normalized spacial score (nSPS) is 31.2. The van der Waals surface area contributed by atoms with Gasteiger partial charge in [0.25, 0.3) is 0 Å². The van der Waals surface area contributed by atoms with E-state index in [1.807, 2.05) is 6.92 Å². The SMILES string of the molecule is CC(N)/C=C/C1CCSC1(C)C. The predicted molar refractivity (Wildman–Crippen MR) is 57.4 cm³/mol. The largest absolute Gasteiger partial charge is 0.325 e. The highest BCUT2D eigenvalue weighted by atomic mass is 32.2. The summed E-state index contributed by atoms with van der Waals surface area (Å²) in [5, 5.41) is 0. The first-order chi connectivity index (χ1) is 5.52. The number of rotatable bonds is 2. The van der Waals surface area contributed by atoms with E-state index in [-0.39, 0.29) is 6.04 Å². The van der Waals surface area contributed by atoms with E-state index in [4.69, 9.17) is 5.73 Å². The van der Waals surface area contributed by atoms with E-state index < -0.39 is 0 Å². The summed E-state index contributed by atoms with van der Waals surface area (Å²) in [6.45, 7) is 6.66. The van der Waals surface area contributed by atoms with Crippen LogP contribution in [0.25, 0.3) is 0 Å². The maximum Gasteiger partial charge on any atom is 0.0194 e. The van der Waals surface area contributed by atoms with Gasteiger partial charge in [-0.3, -0.25) is 0 Å². The monoisotopic (exact) mass is 185 g/mol. The molecule has 1 saturated heterocycles. The Balaban J connectivity index is 2.52. The Hall–Kier alpha value is 0.0500. The Bertz CT molecular complexity index is 173. The average molecular weight is 185 g/mol. The molecule has 0 aliphatic carbocycles. The van der Waals surface area contributed by atoms with E-state index in [1.54, 1.807) is 0 Å². The van der Waals surface area contributed by atoms with Crippen molar-refractivity contribution in [3.63, 3.8) is 0 Å². The molecule has 0 aromatic carbocycles. The first-order valence-electron chi connectivity index (χ1n) is 4.60. The fourth-order valence-electron chi connectivity index (χ4n) is 1.54. The van der Waals surface area contributed by atoms with Gasteiger partial charge in [-0.05, 0) is 25.0 Å². The van der Waals surface area contributed by atoms with Crippen molar-refractivity contribution in [1.82, 2.24) is 0 Å². The molecule has 0 aromatic rings. The molecule has 0 radical (unpaired) electrons. The van der Waals surface area contributed by atoms with Crippen LogP contribution in [0.5, 0.6) is 0 Å². The maximum atomic E-state index is 5.67. The van der Waals surface area contributed by atoms with Crippen LogP contribution >= 0.6 is 11.8 Å². The molecule has 70 valence electrons. The molecule has 0 bridgehead atoms. The standard InChI is InChI=1S/C10H19NS/c1-8(11)4-5-9-6-7-12-10(9,2)3/h4-5,8-9H,6-7,11H2,1-3H3/b5-4+. The summed E-state index contributed by atoms with van der Waals surface area (Å²) in [7, 11) is 0. The minimum Gasteiger partial charge on any atom is -0.325 e. The fraction of sp³-hybridized carbons (Fsp3) is 0.800. The smallest absolute Gasteiger partial charge is 0.0194 e. The summed E-state index contributed by atoms with van der Waals surface area (Å²) in [6, 6.07) is 0.200. The predicted octanol–water partition coefficient (Wildman–Crippen LogP) is 2.42. The first kappa shape index (κ1) is 10.1. The Morgan fingerprint density at radius 2 is 2.25 bits per heavy atom. The number of hydrogen-bond donors (Lipinski definition) is 1. The summed E-state index contributed by atoms with van der Waals surface area (Å²) in [6.07, 6.45) is 5.73. The topological polar surface area (TPSA) is 26.0 Å². The van der Waals surface area contributed by atoms with Crippen molar-refractivity contribution in [2.24, 2.45) is 11.7 Å². The number of nitrogens with two attached hydrogens (primary N) is 1. The zero-order chi connectivity index (χ0) is 9.19. The van der Waals surface area contributed by atoms with Gasteiger partial charge in [0.15, 0.2) is 0 Å². The van der Waals surface area contributed by atoms with Crippen LogP contribution in [0.3, 0.4) is 0 Å². The second-order valence-electron chi connectivity index (χ2n) is 4.09. The second kappa shape index (κ2) is 3.84. The van der Waals surface area contributed by atoms with Crippen LogP contribution in [0.1, 0.15) is 27.2 Å². The average Bonchev–Trinajstić information content (AvgIpc) is 2.25. The van der Waals surface area contributed by atoms with Gasteiger partial charge in [0.1, 0.15) is 0 Å². The van der Waals surface area contributed by atoms with Gasteiger partial charge in [-0.25, -0.2) is 0 Å². The van der Waals surface area contributed by atoms with Crippen molar-refractivity contribution >= 4 is 11.8 Å². The summed E-state index contributed by atoms with van der Waals surface area (Å²) < 4.78 is 0.422. The van der Waals surface area contributed by atoms with Gasteiger partial charge in [-0.15, -0.1) is 0 Å². The molecule has 2 unspecified atom stereocenters. The molecule has 0 amide bonds. The molecule has 1 aliphatic heterocycles. The molecule has 2 atom stereocenters. The molecule has 0 saturated carbocycles. The fourth-order valence-corrected chi connectivity index (χ4v) is 2.85. The highest BCUT2D eigenvalue weighted by molar-refractivity contribution is 8.00. The van der Waals surface area contributed by atoms with E-state index >= 15 is 0 Å². The molecular formula is C10H19NS. The first-order valence-corrected chi connectivity index (χ1v) is 5.59. The molecule has 2 N–H and O–H groups in total. The Morgan fingerprint density at radius 3 is 2.67 bits per heavy atom. The third-order valence-corrected chi connectivity index (χ3v) is 3.93. The Morgan fingerprint density at radius 1 is 1.58 bits per heavy atom. The van der Waals surface area contributed by atoms with Gasteiger partial charge < -0.3 is 5.73 Å². The van der Waals surface area contributed by atoms with Crippen LogP contribution < -0.4 is 5.73 Å². The van der Waals surface area contributed by atoms with Crippen molar-refractivity contribution in [2.45, 2.75) is 38.0 Å². The third kappa shape index (κ3) is 2.53. The molecule has 1 rings (SSSR count). The van der Waals surface area contributed by atoms with Gasteiger partial charge >= 0.3 is 0 Å². The Labute approximate surface area is 79.8 Å². The second-order valence-corrected chi connectivity index (χ2v) is 5.84. The zero-order valence-electron chi connectivity index (χ0n) is 8.21. The maximum absolute atomic E-state index is 5.67. The van der Waals surface area contributed by atoms with Crippen LogP contribution in [0.2, 0.25) is 0 Å². The van der Waals surface area contributed by atoms with Crippen molar-refractivity contribution in [3.05, 3.63) is 12.2 Å². The molecular weight excluding hydrogens is 166 g/mol. The van der Waals surface area contributed by atoms with Crippen LogP contribution in [0.15, 0.2) is 12.2 Å². The highest BCUT2D eigenvalue weighted by Gasteiger charge is 2.33. The third-order valence-electron chi connectivity index (χ3n) is 2.44. The summed E-state index contributed by atoms with van der Waals surface area (Å²) in [5.41, 5.74) is 5.67. The van der Waals surface area contributed by atoms with Gasteiger partial charge in [0, 0.05) is 10.8 Å². The van der Waals surface area contributed by atoms with Crippen LogP contribution in [-0.2, 0) is 0 Å². The van der Waals surface area contributed by atoms with Crippen LogP contribution in [0, 0.1) is 5.92 Å². The van der Waals surface area contributed by atoms with E-state index in [0.29, 0.717) is 10.7 Å². The van der Waals surface area contributed by atoms with Crippen LogP contribution in [0.4, 0.5) is 0 Å². The molecule has 2 heteroatoms. The summed E-state index contributed by atoms with van der Waals surface area (Å²) in [5.74, 6) is 2.01. The van der Waals surface area contributed by atoms with E-state index in [9.17, 15) is 0 Å². The quantitative estimate of drug-likeness (QED) is 0.669. The van der Waals surface area contributed by atoms with E-state index in [0.717, 1.165) is 0 Å². The van der Waals surface area contributed by atoms with Crippen molar-refractivity contribution in [1.29, 1.82) is 0 Å². The highest BCUT2D eigenvalue weighted by Crippen LogP contribution is 2.42. The minimum atomic E-state index is 0.200. The molecule has 0 spiro atoms.